The maximum absolute atomic E-state index is 12.9. The fourth-order valence-corrected chi connectivity index (χ4v) is 4.11. The molecule has 0 atom stereocenters. The molecule has 0 saturated carbocycles. The summed E-state index contributed by atoms with van der Waals surface area (Å²) < 4.78 is 32.5. The second kappa shape index (κ2) is 8.94. The van der Waals surface area contributed by atoms with Crippen molar-refractivity contribution in [2.75, 3.05) is 6.61 Å². The lowest BCUT2D eigenvalue weighted by Gasteiger charge is -2.28. The molecule has 0 aliphatic carbocycles. The van der Waals surface area contributed by atoms with E-state index in [-0.39, 0.29) is 28.4 Å². The number of benzene rings is 2. The zero-order chi connectivity index (χ0) is 24.5. The minimum absolute atomic E-state index is 0.0963. The van der Waals surface area contributed by atoms with E-state index < -0.39 is 32.7 Å². The second-order valence-electron chi connectivity index (χ2n) is 9.60. The van der Waals surface area contributed by atoms with E-state index in [1.54, 1.807) is 6.92 Å². The Kier molecular flexibility index (Phi) is 7.09. The van der Waals surface area contributed by atoms with Gasteiger partial charge in [0, 0.05) is 16.7 Å². The van der Waals surface area contributed by atoms with E-state index in [1.807, 2.05) is 41.5 Å². The maximum Gasteiger partial charge on any atom is 0.338 e. The molecule has 1 amide bonds. The van der Waals surface area contributed by atoms with Gasteiger partial charge >= 0.3 is 5.97 Å². The van der Waals surface area contributed by atoms with Gasteiger partial charge in [0.2, 0.25) is 0 Å². The number of esters is 1. The van der Waals surface area contributed by atoms with Gasteiger partial charge in [-0.15, -0.1) is 0 Å². The number of sulfonamides is 1. The lowest BCUT2D eigenvalue weighted by Crippen LogP contribution is -2.31. The molecule has 0 saturated heterocycles. The highest BCUT2D eigenvalue weighted by molar-refractivity contribution is 7.90. The van der Waals surface area contributed by atoms with E-state index in [9.17, 15) is 23.1 Å². The third-order valence-electron chi connectivity index (χ3n) is 4.89. The molecule has 0 heterocycles. The Morgan fingerprint density at radius 1 is 0.906 bits per heavy atom. The summed E-state index contributed by atoms with van der Waals surface area (Å²) in [5.41, 5.74) is 0.492. The van der Waals surface area contributed by atoms with Gasteiger partial charge in [0.1, 0.15) is 5.75 Å². The van der Waals surface area contributed by atoms with Crippen molar-refractivity contribution >= 4 is 21.9 Å². The largest absolute Gasteiger partial charge is 0.507 e. The van der Waals surface area contributed by atoms with Gasteiger partial charge in [0.15, 0.2) is 0 Å². The van der Waals surface area contributed by atoms with Crippen LogP contribution in [0.25, 0.3) is 0 Å². The molecule has 8 heteroatoms. The van der Waals surface area contributed by atoms with Crippen LogP contribution in [0.3, 0.4) is 0 Å². The highest BCUT2D eigenvalue weighted by Crippen LogP contribution is 2.39. The molecule has 0 bridgehead atoms. The molecule has 0 radical (unpaired) electrons. The van der Waals surface area contributed by atoms with Crippen molar-refractivity contribution in [1.29, 1.82) is 0 Å². The van der Waals surface area contributed by atoms with Gasteiger partial charge in [-0.3, -0.25) is 4.79 Å². The third-order valence-corrected chi connectivity index (χ3v) is 6.24. The number of phenols is 1. The van der Waals surface area contributed by atoms with E-state index in [2.05, 4.69) is 4.72 Å². The predicted molar refractivity (Wildman–Crippen MR) is 123 cm³/mol. The molecular weight excluding hydrogens is 430 g/mol. The molecule has 32 heavy (non-hydrogen) atoms. The minimum atomic E-state index is -4.18. The Balaban J connectivity index is 2.42. The number of amides is 1. The summed E-state index contributed by atoms with van der Waals surface area (Å²) in [4.78, 5) is 24.5. The molecular formula is C24H31NO6S. The highest BCUT2D eigenvalue weighted by atomic mass is 32.2. The quantitative estimate of drug-likeness (QED) is 0.643. The van der Waals surface area contributed by atoms with Crippen LogP contribution in [0.1, 0.15) is 80.3 Å². The number of nitrogens with one attached hydrogen (secondary N) is 1. The van der Waals surface area contributed by atoms with Crippen molar-refractivity contribution < 1.29 is 27.9 Å². The van der Waals surface area contributed by atoms with Crippen LogP contribution in [-0.4, -0.2) is 32.0 Å². The number of carbonyl (C=O) groups is 2. The first-order valence-electron chi connectivity index (χ1n) is 10.3. The molecule has 0 unspecified atom stereocenters. The summed E-state index contributed by atoms with van der Waals surface area (Å²) in [6.07, 6.45) is 0. The van der Waals surface area contributed by atoms with Crippen LogP contribution in [0.4, 0.5) is 0 Å². The fourth-order valence-electron chi connectivity index (χ4n) is 3.13. The molecule has 0 aliphatic heterocycles. The van der Waals surface area contributed by atoms with E-state index in [1.165, 1.54) is 36.4 Å². The molecule has 0 spiro atoms. The van der Waals surface area contributed by atoms with Crippen molar-refractivity contribution in [3.63, 3.8) is 0 Å². The normalized spacial score (nSPS) is 12.3. The number of hydrogen-bond donors (Lipinski definition) is 2. The Hall–Kier alpha value is -2.87. The Morgan fingerprint density at radius 2 is 1.38 bits per heavy atom. The molecule has 174 valence electrons. The third kappa shape index (κ3) is 5.68. The van der Waals surface area contributed by atoms with E-state index in [0.717, 1.165) is 0 Å². The van der Waals surface area contributed by atoms with Crippen LogP contribution in [0.15, 0.2) is 41.3 Å². The fraction of sp³-hybridized carbons (Fsp3) is 0.417. The van der Waals surface area contributed by atoms with Gasteiger partial charge in [0.25, 0.3) is 15.9 Å². The van der Waals surface area contributed by atoms with Gasteiger partial charge < -0.3 is 9.84 Å². The number of carbonyl (C=O) groups excluding carboxylic acids is 2. The molecule has 2 rings (SSSR count). The molecule has 0 fully saturated rings. The lowest BCUT2D eigenvalue weighted by molar-refractivity contribution is 0.0526. The van der Waals surface area contributed by atoms with Crippen LogP contribution in [-0.2, 0) is 25.6 Å². The SMILES string of the molecule is CCOC(=O)c1ccc(S(=O)(=O)NC(=O)c2cc(C(C)(C)C)c(O)c(C(C)(C)C)c2)cc1. The van der Waals surface area contributed by atoms with E-state index in [4.69, 9.17) is 4.74 Å². The summed E-state index contributed by atoms with van der Waals surface area (Å²) in [5, 5.41) is 10.8. The van der Waals surface area contributed by atoms with Gasteiger partial charge in [0.05, 0.1) is 17.1 Å². The Labute approximate surface area is 189 Å². The summed E-state index contributed by atoms with van der Waals surface area (Å²) >= 11 is 0. The number of phenolic OH excluding ortho intramolecular Hbond substituents is 1. The zero-order valence-corrected chi connectivity index (χ0v) is 20.4. The zero-order valence-electron chi connectivity index (χ0n) is 19.6. The van der Waals surface area contributed by atoms with Crippen LogP contribution >= 0.6 is 0 Å². The highest BCUT2D eigenvalue weighted by Gasteiger charge is 2.29. The topological polar surface area (TPSA) is 110 Å². The Morgan fingerprint density at radius 3 is 1.78 bits per heavy atom. The smallest absolute Gasteiger partial charge is 0.338 e. The van der Waals surface area contributed by atoms with Crippen molar-refractivity contribution in [3.8, 4) is 5.75 Å². The van der Waals surface area contributed by atoms with Crippen LogP contribution in [0.2, 0.25) is 0 Å². The van der Waals surface area contributed by atoms with Crippen molar-refractivity contribution in [1.82, 2.24) is 4.72 Å². The van der Waals surface area contributed by atoms with Crippen LogP contribution in [0.5, 0.6) is 5.75 Å². The molecule has 7 nitrogen and oxygen atoms in total. The monoisotopic (exact) mass is 461 g/mol. The van der Waals surface area contributed by atoms with Crippen molar-refractivity contribution in [2.45, 2.75) is 64.2 Å². The number of hydrogen-bond acceptors (Lipinski definition) is 6. The molecule has 0 aliphatic rings. The van der Waals surface area contributed by atoms with Crippen LogP contribution < -0.4 is 4.72 Å². The first-order chi connectivity index (χ1) is 14.6. The second-order valence-corrected chi connectivity index (χ2v) is 11.3. The number of rotatable bonds is 5. The van der Waals surface area contributed by atoms with E-state index >= 15 is 0 Å². The summed E-state index contributed by atoms with van der Waals surface area (Å²) in [6.45, 7) is 13.3. The predicted octanol–water partition coefficient (Wildman–Crippen LogP) is 4.28. The summed E-state index contributed by atoms with van der Waals surface area (Å²) in [5.74, 6) is -1.27. The Bertz CT molecular complexity index is 1090. The first-order valence-corrected chi connectivity index (χ1v) is 11.8. The number of aromatic hydroxyl groups is 1. The summed E-state index contributed by atoms with van der Waals surface area (Å²) in [7, 11) is -4.18. The standard InChI is InChI=1S/C24H31NO6S/c1-8-31-22(28)15-9-11-17(12-10-15)32(29,30)25-21(27)16-13-18(23(2,3)4)20(26)19(14-16)24(5,6)7/h9-14,26H,8H2,1-7H3,(H,25,27). The van der Waals surface area contributed by atoms with E-state index in [0.29, 0.717) is 11.1 Å². The van der Waals surface area contributed by atoms with Crippen LogP contribution in [0, 0.1) is 0 Å². The lowest BCUT2D eigenvalue weighted by atomic mass is 9.78. The molecule has 0 aromatic heterocycles. The van der Waals surface area contributed by atoms with Gasteiger partial charge in [-0.25, -0.2) is 17.9 Å². The minimum Gasteiger partial charge on any atom is -0.507 e. The summed E-state index contributed by atoms with van der Waals surface area (Å²) in [6, 6.07) is 8.15. The molecule has 2 aromatic carbocycles. The maximum atomic E-state index is 12.9. The van der Waals surface area contributed by atoms with Gasteiger partial charge in [-0.05, 0) is 54.2 Å². The molecule has 2 N–H and O–H groups in total. The van der Waals surface area contributed by atoms with Crippen molar-refractivity contribution in [2.24, 2.45) is 0 Å². The number of ether oxygens (including phenoxy) is 1. The average molecular weight is 462 g/mol. The average Bonchev–Trinajstić information content (AvgIpc) is 2.66. The van der Waals surface area contributed by atoms with Gasteiger partial charge in [-0.2, -0.15) is 0 Å². The van der Waals surface area contributed by atoms with Crippen molar-refractivity contribution in [3.05, 3.63) is 58.7 Å². The first kappa shape index (κ1) is 25.4. The van der Waals surface area contributed by atoms with Gasteiger partial charge in [-0.1, -0.05) is 41.5 Å². The molecule has 2 aromatic rings.